The van der Waals surface area contributed by atoms with E-state index in [-0.39, 0.29) is 5.02 Å². The standard InChI is InChI=1S/C17H15ClF3N3S/c18-15-8-12(3-6-14(15)17(19,20)21)23-16(25)24(13-4-5-13)10-11-2-1-7-22-9-11/h1-3,6-9,13H,4-5,10H2,(H,23,25). The van der Waals surface area contributed by atoms with Gasteiger partial charge in [0.05, 0.1) is 10.6 Å². The second-order valence-electron chi connectivity index (χ2n) is 5.84. The Morgan fingerprint density at radius 3 is 2.64 bits per heavy atom. The molecule has 0 radical (unpaired) electrons. The van der Waals surface area contributed by atoms with Gasteiger partial charge in [-0.2, -0.15) is 13.2 Å². The van der Waals surface area contributed by atoms with Gasteiger partial charge in [0.1, 0.15) is 0 Å². The van der Waals surface area contributed by atoms with Crippen LogP contribution in [0.3, 0.4) is 0 Å². The highest BCUT2D eigenvalue weighted by Crippen LogP contribution is 2.36. The lowest BCUT2D eigenvalue weighted by molar-refractivity contribution is -0.137. The van der Waals surface area contributed by atoms with Crippen LogP contribution in [0.15, 0.2) is 42.7 Å². The van der Waals surface area contributed by atoms with Crippen LogP contribution in [0.4, 0.5) is 18.9 Å². The molecule has 1 aromatic heterocycles. The number of halogens is 4. The summed E-state index contributed by atoms with van der Waals surface area (Å²) in [5.74, 6) is 0. The lowest BCUT2D eigenvalue weighted by Gasteiger charge is -2.26. The van der Waals surface area contributed by atoms with Gasteiger partial charge in [0.25, 0.3) is 0 Å². The van der Waals surface area contributed by atoms with Crippen molar-refractivity contribution in [2.45, 2.75) is 31.6 Å². The molecule has 2 aromatic rings. The zero-order chi connectivity index (χ0) is 18.0. The highest BCUT2D eigenvalue weighted by molar-refractivity contribution is 7.80. The maximum atomic E-state index is 12.8. The van der Waals surface area contributed by atoms with Gasteiger partial charge < -0.3 is 10.2 Å². The number of nitrogens with zero attached hydrogens (tertiary/aromatic N) is 2. The topological polar surface area (TPSA) is 28.2 Å². The zero-order valence-corrected chi connectivity index (χ0v) is 14.6. The monoisotopic (exact) mass is 385 g/mol. The van der Waals surface area contributed by atoms with Crippen molar-refractivity contribution in [2.24, 2.45) is 0 Å². The summed E-state index contributed by atoms with van der Waals surface area (Å²) in [6.45, 7) is 0.596. The van der Waals surface area contributed by atoms with Crippen molar-refractivity contribution in [3.05, 3.63) is 58.9 Å². The average molecular weight is 386 g/mol. The van der Waals surface area contributed by atoms with Crippen LogP contribution in [-0.4, -0.2) is 21.0 Å². The van der Waals surface area contributed by atoms with Gasteiger partial charge in [-0.3, -0.25) is 4.98 Å². The lowest BCUT2D eigenvalue weighted by Crippen LogP contribution is -2.36. The normalized spacial score (nSPS) is 14.2. The molecule has 1 saturated carbocycles. The number of benzene rings is 1. The molecule has 0 saturated heterocycles. The van der Waals surface area contributed by atoms with E-state index in [9.17, 15) is 13.2 Å². The van der Waals surface area contributed by atoms with E-state index in [1.165, 1.54) is 12.1 Å². The van der Waals surface area contributed by atoms with E-state index in [4.69, 9.17) is 23.8 Å². The molecule has 1 aliphatic carbocycles. The quantitative estimate of drug-likeness (QED) is 0.740. The summed E-state index contributed by atoms with van der Waals surface area (Å²) in [5.41, 5.74) is 0.587. The van der Waals surface area contributed by atoms with Crippen LogP contribution >= 0.6 is 23.8 Å². The van der Waals surface area contributed by atoms with Crippen LogP contribution in [0.5, 0.6) is 0 Å². The molecule has 0 bridgehead atoms. The molecular weight excluding hydrogens is 371 g/mol. The summed E-state index contributed by atoms with van der Waals surface area (Å²) in [7, 11) is 0. The third-order valence-electron chi connectivity index (χ3n) is 3.85. The highest BCUT2D eigenvalue weighted by atomic mass is 35.5. The average Bonchev–Trinajstić information content (AvgIpc) is 3.37. The van der Waals surface area contributed by atoms with Crippen molar-refractivity contribution in [3.8, 4) is 0 Å². The van der Waals surface area contributed by atoms with E-state index in [0.717, 1.165) is 24.5 Å². The fourth-order valence-corrected chi connectivity index (χ4v) is 3.08. The molecular formula is C17H15ClF3N3S. The maximum Gasteiger partial charge on any atom is 0.417 e. The first kappa shape index (κ1) is 17.9. The SMILES string of the molecule is FC(F)(F)c1ccc(NC(=S)N(Cc2cccnc2)C2CC2)cc1Cl. The van der Waals surface area contributed by atoms with Gasteiger partial charge in [0, 0.05) is 30.7 Å². The molecule has 1 fully saturated rings. The van der Waals surface area contributed by atoms with Crippen LogP contribution in [0, 0.1) is 0 Å². The van der Waals surface area contributed by atoms with Crippen LogP contribution in [0.1, 0.15) is 24.0 Å². The van der Waals surface area contributed by atoms with Gasteiger partial charge in [0.2, 0.25) is 0 Å². The van der Waals surface area contributed by atoms with Crippen molar-refractivity contribution in [1.82, 2.24) is 9.88 Å². The molecule has 1 aromatic carbocycles. The molecule has 3 nitrogen and oxygen atoms in total. The van der Waals surface area contributed by atoms with Gasteiger partial charge in [-0.05, 0) is 54.9 Å². The molecule has 1 aliphatic rings. The predicted octanol–water partition coefficient (Wildman–Crippen LogP) is 5.12. The first-order valence-electron chi connectivity index (χ1n) is 7.68. The Morgan fingerprint density at radius 2 is 2.08 bits per heavy atom. The highest BCUT2D eigenvalue weighted by Gasteiger charge is 2.34. The molecule has 0 amide bonds. The van der Waals surface area contributed by atoms with Gasteiger partial charge in [-0.25, -0.2) is 0 Å². The Labute approximate surface area is 153 Å². The Kier molecular flexibility index (Phi) is 5.15. The van der Waals surface area contributed by atoms with Crippen LogP contribution in [0.2, 0.25) is 5.02 Å². The summed E-state index contributed by atoms with van der Waals surface area (Å²) >= 11 is 11.2. The minimum absolute atomic E-state index is 0.338. The van der Waals surface area contributed by atoms with Gasteiger partial charge >= 0.3 is 6.18 Å². The third kappa shape index (κ3) is 4.61. The molecule has 0 unspecified atom stereocenters. The van der Waals surface area contributed by atoms with Crippen molar-refractivity contribution >= 4 is 34.6 Å². The van der Waals surface area contributed by atoms with Gasteiger partial charge in [-0.1, -0.05) is 17.7 Å². The third-order valence-corrected chi connectivity index (χ3v) is 4.50. The predicted molar refractivity (Wildman–Crippen MR) is 95.5 cm³/mol. The summed E-state index contributed by atoms with van der Waals surface area (Å²) in [4.78, 5) is 6.12. The van der Waals surface area contributed by atoms with E-state index >= 15 is 0 Å². The minimum atomic E-state index is -4.48. The van der Waals surface area contributed by atoms with E-state index in [0.29, 0.717) is 23.4 Å². The fourth-order valence-electron chi connectivity index (χ4n) is 2.46. The van der Waals surface area contributed by atoms with Crippen LogP contribution < -0.4 is 5.32 Å². The van der Waals surface area contributed by atoms with E-state index in [2.05, 4.69) is 10.3 Å². The van der Waals surface area contributed by atoms with Crippen molar-refractivity contribution < 1.29 is 13.2 Å². The summed E-state index contributed by atoms with van der Waals surface area (Å²) < 4.78 is 38.3. The second kappa shape index (κ2) is 7.17. The van der Waals surface area contributed by atoms with Gasteiger partial charge in [0.15, 0.2) is 5.11 Å². The number of pyridine rings is 1. The smallest absolute Gasteiger partial charge is 0.342 e. The zero-order valence-electron chi connectivity index (χ0n) is 13.1. The van der Waals surface area contributed by atoms with Crippen molar-refractivity contribution in [2.75, 3.05) is 5.32 Å². The van der Waals surface area contributed by atoms with Gasteiger partial charge in [-0.15, -0.1) is 0 Å². The molecule has 8 heteroatoms. The molecule has 132 valence electrons. The second-order valence-corrected chi connectivity index (χ2v) is 6.64. The Bertz CT molecular complexity index is 763. The number of hydrogen-bond acceptors (Lipinski definition) is 2. The van der Waals surface area contributed by atoms with E-state index < -0.39 is 11.7 Å². The van der Waals surface area contributed by atoms with E-state index in [1.54, 1.807) is 12.4 Å². The Hall–Kier alpha value is -1.86. The number of rotatable bonds is 4. The summed E-state index contributed by atoms with van der Waals surface area (Å²) in [6.07, 6.45) is 1.07. The molecule has 25 heavy (non-hydrogen) atoms. The number of hydrogen-bond donors (Lipinski definition) is 1. The number of alkyl halides is 3. The number of thiocarbonyl (C=S) groups is 1. The molecule has 1 heterocycles. The number of aromatic nitrogens is 1. The summed E-state index contributed by atoms with van der Waals surface area (Å²) in [6, 6.07) is 7.68. The van der Waals surface area contributed by atoms with Crippen LogP contribution in [0.25, 0.3) is 0 Å². The molecule has 3 rings (SSSR count). The minimum Gasteiger partial charge on any atom is -0.342 e. The Morgan fingerprint density at radius 1 is 1.32 bits per heavy atom. The van der Waals surface area contributed by atoms with Crippen molar-refractivity contribution in [1.29, 1.82) is 0 Å². The number of nitrogens with one attached hydrogen (secondary N) is 1. The first-order valence-corrected chi connectivity index (χ1v) is 8.46. The first-order chi connectivity index (χ1) is 11.8. The molecule has 1 N–H and O–H groups in total. The lowest BCUT2D eigenvalue weighted by atomic mass is 10.2. The maximum absolute atomic E-state index is 12.8. The summed E-state index contributed by atoms with van der Waals surface area (Å²) in [5, 5.41) is 3.09. The molecule has 0 atom stereocenters. The molecule has 0 spiro atoms. The molecule has 0 aliphatic heterocycles. The Balaban J connectivity index is 1.72. The van der Waals surface area contributed by atoms with Crippen molar-refractivity contribution in [3.63, 3.8) is 0 Å². The largest absolute Gasteiger partial charge is 0.417 e. The fraction of sp³-hybridized carbons (Fsp3) is 0.294. The van der Waals surface area contributed by atoms with Crippen LogP contribution in [-0.2, 0) is 12.7 Å². The number of anilines is 1. The van der Waals surface area contributed by atoms with E-state index in [1.807, 2.05) is 17.0 Å².